The number of carbonyl (C=O) groups is 2. The van der Waals surface area contributed by atoms with E-state index in [0.717, 1.165) is 6.26 Å². The fraction of sp³-hybridized carbons (Fsp3) is 0.429. The minimum absolute atomic E-state index is 0.00625. The van der Waals surface area contributed by atoms with Gasteiger partial charge in [0.1, 0.15) is 17.9 Å². The second-order valence-electron chi connectivity index (χ2n) is 4.79. The Balaban J connectivity index is 2.54. The molecule has 1 aromatic carbocycles. The number of hydrogen-bond donors (Lipinski definition) is 0. The summed E-state index contributed by atoms with van der Waals surface area (Å²) >= 11 is 0. The van der Waals surface area contributed by atoms with Gasteiger partial charge in [-0.25, -0.2) is 13.2 Å². The number of benzene rings is 1. The topological polar surface area (TPSA) is 139 Å². The van der Waals surface area contributed by atoms with E-state index in [9.17, 15) is 28.1 Å². The van der Waals surface area contributed by atoms with E-state index in [1.54, 1.807) is 12.1 Å². The molecule has 0 unspecified atom stereocenters. The van der Waals surface area contributed by atoms with E-state index < -0.39 is 25.9 Å². The van der Waals surface area contributed by atoms with E-state index in [-0.39, 0.29) is 43.1 Å². The van der Waals surface area contributed by atoms with E-state index in [1.165, 1.54) is 12.1 Å². The van der Waals surface area contributed by atoms with Gasteiger partial charge < -0.3 is 14.3 Å². The largest absolute Gasteiger partial charge is 0.461 e. The SMILES string of the molecule is CS(=O)(=O)SCCOC(=O)c1ccccc1OC(=O)CCCO[N+](=O)[O-]. The van der Waals surface area contributed by atoms with Crippen molar-refractivity contribution in [1.29, 1.82) is 0 Å². The molecule has 1 rings (SSSR count). The molecule has 0 saturated carbocycles. The van der Waals surface area contributed by atoms with Crippen LogP contribution >= 0.6 is 10.8 Å². The molecule has 12 heteroatoms. The molecule has 26 heavy (non-hydrogen) atoms. The fourth-order valence-electron chi connectivity index (χ4n) is 1.65. The van der Waals surface area contributed by atoms with Crippen molar-refractivity contribution in [2.75, 3.05) is 25.2 Å². The Bertz CT molecular complexity index is 749. The molecular formula is C14H17NO9S2. The second-order valence-corrected chi connectivity index (χ2v) is 9.37. The van der Waals surface area contributed by atoms with Crippen LogP contribution in [0, 0.1) is 10.1 Å². The molecular weight excluding hydrogens is 390 g/mol. The van der Waals surface area contributed by atoms with Crippen LogP contribution in [0.25, 0.3) is 0 Å². The van der Waals surface area contributed by atoms with E-state index in [0.29, 0.717) is 10.8 Å². The lowest BCUT2D eigenvalue weighted by Gasteiger charge is -2.10. The normalized spacial score (nSPS) is 10.8. The zero-order chi connectivity index (χ0) is 19.6. The van der Waals surface area contributed by atoms with Crippen LogP contribution in [0.1, 0.15) is 23.2 Å². The number of hydrogen-bond acceptors (Lipinski definition) is 10. The average molecular weight is 407 g/mol. The Labute approximate surface area is 153 Å². The molecule has 0 bridgehead atoms. The molecule has 0 aliphatic rings. The third kappa shape index (κ3) is 9.22. The molecule has 0 N–H and O–H groups in total. The van der Waals surface area contributed by atoms with Crippen molar-refractivity contribution in [2.24, 2.45) is 0 Å². The number of esters is 2. The fourth-order valence-corrected chi connectivity index (χ4v) is 3.22. The van der Waals surface area contributed by atoms with Gasteiger partial charge in [-0.2, -0.15) is 0 Å². The van der Waals surface area contributed by atoms with Gasteiger partial charge in [0.05, 0.1) is 6.61 Å². The molecule has 0 aromatic heterocycles. The number of carbonyl (C=O) groups excluding carboxylic acids is 2. The van der Waals surface area contributed by atoms with Crippen LogP contribution in [0.3, 0.4) is 0 Å². The summed E-state index contributed by atoms with van der Waals surface area (Å²) in [4.78, 5) is 37.8. The van der Waals surface area contributed by atoms with Crippen molar-refractivity contribution in [3.63, 3.8) is 0 Å². The Morgan fingerprint density at radius 2 is 1.92 bits per heavy atom. The van der Waals surface area contributed by atoms with Crippen molar-refractivity contribution in [1.82, 2.24) is 0 Å². The average Bonchev–Trinajstić information content (AvgIpc) is 2.55. The zero-order valence-electron chi connectivity index (χ0n) is 13.8. The summed E-state index contributed by atoms with van der Waals surface area (Å²) in [5.41, 5.74) is 0.00625. The predicted octanol–water partition coefficient (Wildman–Crippen LogP) is 1.43. The van der Waals surface area contributed by atoms with Crippen molar-refractivity contribution in [3.8, 4) is 5.75 Å². The Morgan fingerprint density at radius 3 is 2.58 bits per heavy atom. The second kappa shape index (κ2) is 10.6. The maximum Gasteiger partial charge on any atom is 0.341 e. The lowest BCUT2D eigenvalue weighted by Crippen LogP contribution is -2.14. The number of ether oxygens (including phenoxy) is 2. The Morgan fingerprint density at radius 1 is 1.23 bits per heavy atom. The van der Waals surface area contributed by atoms with Gasteiger partial charge >= 0.3 is 11.9 Å². The highest BCUT2D eigenvalue weighted by Crippen LogP contribution is 2.20. The maximum atomic E-state index is 12.0. The third-order valence-electron chi connectivity index (χ3n) is 2.67. The summed E-state index contributed by atoms with van der Waals surface area (Å²) < 4.78 is 32.0. The first-order chi connectivity index (χ1) is 12.2. The minimum atomic E-state index is -3.22. The van der Waals surface area contributed by atoms with Gasteiger partial charge in [0.25, 0.3) is 5.09 Å². The first-order valence-corrected chi connectivity index (χ1v) is 10.7. The van der Waals surface area contributed by atoms with E-state index in [2.05, 4.69) is 4.84 Å². The van der Waals surface area contributed by atoms with E-state index in [4.69, 9.17) is 9.47 Å². The van der Waals surface area contributed by atoms with Gasteiger partial charge in [0.2, 0.25) is 0 Å². The summed E-state index contributed by atoms with van der Waals surface area (Å²) in [5, 5.41) is 9.04. The first kappa shape index (κ1) is 21.7. The van der Waals surface area contributed by atoms with E-state index in [1.807, 2.05) is 0 Å². The zero-order valence-corrected chi connectivity index (χ0v) is 15.4. The van der Waals surface area contributed by atoms with Gasteiger partial charge in [-0.3, -0.25) is 4.79 Å². The summed E-state index contributed by atoms with van der Waals surface area (Å²) in [6.07, 6.45) is 0.988. The van der Waals surface area contributed by atoms with Crippen LogP contribution in [0.5, 0.6) is 5.75 Å². The highest BCUT2D eigenvalue weighted by atomic mass is 33.1. The number of para-hydroxylation sites is 1. The van der Waals surface area contributed by atoms with Crippen molar-refractivity contribution >= 4 is 31.6 Å². The van der Waals surface area contributed by atoms with Crippen molar-refractivity contribution in [2.45, 2.75) is 12.8 Å². The minimum Gasteiger partial charge on any atom is -0.461 e. The molecule has 0 atom stereocenters. The monoisotopic (exact) mass is 407 g/mol. The molecule has 0 saturated heterocycles. The quantitative estimate of drug-likeness (QED) is 0.132. The summed E-state index contributed by atoms with van der Waals surface area (Å²) in [6, 6.07) is 5.89. The van der Waals surface area contributed by atoms with Crippen LogP contribution in [0.4, 0.5) is 0 Å². The lowest BCUT2D eigenvalue weighted by atomic mass is 10.2. The predicted molar refractivity (Wildman–Crippen MR) is 91.8 cm³/mol. The Hall–Kier alpha value is -2.34. The first-order valence-electron chi connectivity index (χ1n) is 7.27. The molecule has 0 amide bonds. The summed E-state index contributed by atoms with van der Waals surface area (Å²) in [7, 11) is -2.57. The van der Waals surface area contributed by atoms with Gasteiger partial charge in [0, 0.05) is 18.4 Å². The lowest BCUT2D eigenvalue weighted by molar-refractivity contribution is -0.757. The number of nitrogens with zero attached hydrogens (tertiary/aromatic N) is 1. The van der Waals surface area contributed by atoms with Gasteiger partial charge in [-0.1, -0.05) is 12.1 Å². The van der Waals surface area contributed by atoms with Crippen LogP contribution in [0.2, 0.25) is 0 Å². The molecule has 0 aliphatic carbocycles. The summed E-state index contributed by atoms with van der Waals surface area (Å²) in [6.45, 7) is -0.374. The molecule has 0 heterocycles. The maximum absolute atomic E-state index is 12.0. The van der Waals surface area contributed by atoms with Crippen molar-refractivity contribution < 1.29 is 37.4 Å². The van der Waals surface area contributed by atoms with Crippen LogP contribution < -0.4 is 4.74 Å². The van der Waals surface area contributed by atoms with Gasteiger partial charge in [-0.15, -0.1) is 10.1 Å². The third-order valence-corrected chi connectivity index (χ3v) is 5.21. The molecule has 0 aliphatic heterocycles. The number of rotatable bonds is 11. The molecule has 1 aromatic rings. The molecule has 0 radical (unpaired) electrons. The van der Waals surface area contributed by atoms with Gasteiger partial charge in [-0.05, 0) is 29.3 Å². The van der Waals surface area contributed by atoms with E-state index >= 15 is 0 Å². The molecule has 10 nitrogen and oxygen atoms in total. The standard InChI is InChI=1S/C14H17NO9S2/c1-26(20,21)25-10-9-22-14(17)11-5-2-3-6-12(11)24-13(16)7-4-8-23-15(18)19/h2-3,5-6H,4,7-10H2,1H3. The Kier molecular flexibility index (Phi) is 8.85. The van der Waals surface area contributed by atoms with Crippen LogP contribution in [0.15, 0.2) is 24.3 Å². The molecule has 0 spiro atoms. The molecule has 144 valence electrons. The highest BCUT2D eigenvalue weighted by Gasteiger charge is 2.16. The van der Waals surface area contributed by atoms with Crippen molar-refractivity contribution in [3.05, 3.63) is 39.9 Å². The summed E-state index contributed by atoms with van der Waals surface area (Å²) in [5.74, 6) is -1.40. The van der Waals surface area contributed by atoms with Crippen LogP contribution in [-0.4, -0.2) is 50.7 Å². The molecule has 0 fully saturated rings. The smallest absolute Gasteiger partial charge is 0.341 e. The van der Waals surface area contributed by atoms with Gasteiger partial charge in [0.15, 0.2) is 8.87 Å². The van der Waals surface area contributed by atoms with Crippen LogP contribution in [-0.2, 0) is 23.2 Å². The highest BCUT2D eigenvalue weighted by molar-refractivity contribution is 8.71.